The number of nitrogens with zero attached hydrogens (tertiary/aromatic N) is 2. The van der Waals surface area contributed by atoms with Crippen LogP contribution in [-0.2, 0) is 9.47 Å². The van der Waals surface area contributed by atoms with E-state index in [1.807, 2.05) is 0 Å². The third-order valence-electron chi connectivity index (χ3n) is 3.48. The average molecular weight is 382 g/mol. The number of aliphatic imine (C=N–C) groups is 1. The van der Waals surface area contributed by atoms with Gasteiger partial charge in [-0.05, 0) is 24.6 Å². The molecule has 0 bridgehead atoms. The molecule has 2 heterocycles. The summed E-state index contributed by atoms with van der Waals surface area (Å²) in [6.07, 6.45) is -0.867. The van der Waals surface area contributed by atoms with Crippen LogP contribution in [-0.4, -0.2) is 24.1 Å². The van der Waals surface area contributed by atoms with Gasteiger partial charge in [0.25, 0.3) is 0 Å². The second-order valence-electron chi connectivity index (χ2n) is 5.08. The van der Waals surface area contributed by atoms with Crippen molar-refractivity contribution in [1.29, 1.82) is 0 Å². The Morgan fingerprint density at radius 1 is 1.36 bits per heavy atom. The third kappa shape index (κ3) is 3.64. The molecule has 1 aromatic carbocycles. The summed E-state index contributed by atoms with van der Waals surface area (Å²) in [5.41, 5.74) is 3.29. The summed E-state index contributed by atoms with van der Waals surface area (Å²) in [6, 6.07) is 5.10. The van der Waals surface area contributed by atoms with Crippen molar-refractivity contribution < 1.29 is 18.7 Å². The molecule has 130 valence electrons. The van der Waals surface area contributed by atoms with E-state index in [9.17, 15) is 9.18 Å². The van der Waals surface area contributed by atoms with E-state index in [2.05, 4.69) is 20.0 Å². The third-order valence-corrected chi connectivity index (χ3v) is 4.53. The molecule has 25 heavy (non-hydrogen) atoms. The van der Waals surface area contributed by atoms with E-state index < -0.39 is 12.2 Å². The van der Waals surface area contributed by atoms with Crippen molar-refractivity contribution in [3.8, 4) is 0 Å². The fourth-order valence-electron chi connectivity index (χ4n) is 2.31. The van der Waals surface area contributed by atoms with Gasteiger partial charge >= 0.3 is 6.16 Å². The number of amidine groups is 1. The van der Waals surface area contributed by atoms with Crippen molar-refractivity contribution in [3.63, 3.8) is 0 Å². The Bertz CT molecular complexity index is 864. The van der Waals surface area contributed by atoms with Gasteiger partial charge in [0.2, 0.25) is 0 Å². The number of halogens is 2. The molecule has 0 saturated carbocycles. The molecule has 3 rings (SSSR count). The molecule has 9 heteroatoms. The Labute approximate surface area is 152 Å². The summed E-state index contributed by atoms with van der Waals surface area (Å²) in [6.45, 7) is 1.73. The molecular weight excluding hydrogens is 369 g/mol. The van der Waals surface area contributed by atoms with Crippen molar-refractivity contribution in [2.75, 3.05) is 7.11 Å². The lowest BCUT2D eigenvalue weighted by Gasteiger charge is -2.25. The molecule has 0 saturated heterocycles. The van der Waals surface area contributed by atoms with Crippen molar-refractivity contribution >= 4 is 34.9 Å². The number of allylic oxidation sites excluding steroid dienone is 1. The molecular formula is C16H13ClFN3O3S. The Balaban J connectivity index is 2.05. The first kappa shape index (κ1) is 17.4. The number of aromatic nitrogens is 1. The van der Waals surface area contributed by atoms with Crippen molar-refractivity contribution in [3.05, 3.63) is 62.6 Å². The SMILES string of the molecule is COC(=O)OC1=C(C)NC(c2ncsc2Cl)=NC1c1ccc(F)cc1. The van der Waals surface area contributed by atoms with Gasteiger partial charge in [-0.25, -0.2) is 19.2 Å². The number of ether oxygens (including phenoxy) is 2. The Hall–Kier alpha value is -2.45. The topological polar surface area (TPSA) is 72.8 Å². The van der Waals surface area contributed by atoms with Gasteiger partial charge in [0, 0.05) is 0 Å². The number of hydrogen-bond donors (Lipinski definition) is 1. The van der Waals surface area contributed by atoms with Gasteiger partial charge in [-0.2, -0.15) is 0 Å². The van der Waals surface area contributed by atoms with Crippen LogP contribution >= 0.6 is 22.9 Å². The lowest BCUT2D eigenvalue weighted by Crippen LogP contribution is -2.31. The van der Waals surface area contributed by atoms with Crippen LogP contribution in [0.3, 0.4) is 0 Å². The number of thiazole rings is 1. The Morgan fingerprint density at radius 2 is 2.08 bits per heavy atom. The standard InChI is InChI=1S/C16H13ClFN3O3S/c1-8-13(24-16(22)23-2)11(9-3-5-10(18)6-4-9)21-15(20-8)12-14(17)25-7-19-12/h3-7,11H,1-2H3,(H,20,21). The van der Waals surface area contributed by atoms with Crippen LogP contribution in [0.15, 0.2) is 46.2 Å². The van der Waals surface area contributed by atoms with Crippen LogP contribution < -0.4 is 5.32 Å². The summed E-state index contributed by atoms with van der Waals surface area (Å²) in [4.78, 5) is 20.3. The highest BCUT2D eigenvalue weighted by Crippen LogP contribution is 2.33. The molecule has 0 radical (unpaired) electrons. The van der Waals surface area contributed by atoms with E-state index in [-0.39, 0.29) is 11.6 Å². The Morgan fingerprint density at radius 3 is 2.68 bits per heavy atom. The molecule has 0 fully saturated rings. The van der Waals surface area contributed by atoms with Gasteiger partial charge < -0.3 is 14.8 Å². The molecule has 0 amide bonds. The minimum absolute atomic E-state index is 0.258. The molecule has 2 aromatic rings. The zero-order chi connectivity index (χ0) is 18.0. The van der Waals surface area contributed by atoms with E-state index in [0.29, 0.717) is 27.1 Å². The molecule has 1 aromatic heterocycles. The van der Waals surface area contributed by atoms with Gasteiger partial charge in [-0.15, -0.1) is 11.3 Å². The van der Waals surface area contributed by atoms with Crippen LogP contribution in [0.4, 0.5) is 9.18 Å². The van der Waals surface area contributed by atoms with E-state index in [1.54, 1.807) is 24.6 Å². The molecule has 1 unspecified atom stereocenters. The number of rotatable bonds is 3. The van der Waals surface area contributed by atoms with Gasteiger partial charge in [0.15, 0.2) is 11.6 Å². The molecule has 1 N–H and O–H groups in total. The predicted molar refractivity (Wildman–Crippen MR) is 92.1 cm³/mol. The maximum absolute atomic E-state index is 13.3. The number of carbonyl (C=O) groups excluding carboxylic acids is 1. The normalized spacial score (nSPS) is 17.0. The first-order valence-corrected chi connectivity index (χ1v) is 8.41. The second-order valence-corrected chi connectivity index (χ2v) is 6.53. The van der Waals surface area contributed by atoms with Crippen molar-refractivity contribution in [2.24, 2.45) is 4.99 Å². The maximum Gasteiger partial charge on any atom is 0.513 e. The molecule has 1 aliphatic heterocycles. The summed E-state index contributed by atoms with van der Waals surface area (Å²) in [5.74, 6) is 0.324. The second kappa shape index (κ2) is 7.20. The fourth-order valence-corrected chi connectivity index (χ4v) is 3.08. The number of hydrogen-bond acceptors (Lipinski definition) is 7. The predicted octanol–water partition coefficient (Wildman–Crippen LogP) is 4.04. The number of carbonyl (C=O) groups is 1. The van der Waals surface area contributed by atoms with Crippen LogP contribution in [0.1, 0.15) is 24.2 Å². The van der Waals surface area contributed by atoms with Crippen LogP contribution in [0, 0.1) is 5.82 Å². The molecule has 0 spiro atoms. The smallest absolute Gasteiger partial charge is 0.437 e. The molecule has 1 atom stereocenters. The highest BCUT2D eigenvalue weighted by molar-refractivity contribution is 7.14. The van der Waals surface area contributed by atoms with Crippen molar-refractivity contribution in [1.82, 2.24) is 10.3 Å². The van der Waals surface area contributed by atoms with E-state index in [1.165, 1.54) is 30.6 Å². The zero-order valence-corrected chi connectivity index (χ0v) is 14.8. The highest BCUT2D eigenvalue weighted by atomic mass is 35.5. The summed E-state index contributed by atoms with van der Waals surface area (Å²) in [5, 5.41) is 3.03. The number of methoxy groups -OCH3 is 1. The fraction of sp³-hybridized carbons (Fsp3) is 0.188. The zero-order valence-electron chi connectivity index (χ0n) is 13.2. The van der Waals surface area contributed by atoms with E-state index in [0.717, 1.165) is 0 Å². The maximum atomic E-state index is 13.3. The average Bonchev–Trinajstić information content (AvgIpc) is 3.03. The van der Waals surface area contributed by atoms with Gasteiger partial charge in [0.1, 0.15) is 21.9 Å². The highest BCUT2D eigenvalue weighted by Gasteiger charge is 2.29. The van der Waals surface area contributed by atoms with Gasteiger partial charge in [-0.3, -0.25) is 0 Å². The van der Waals surface area contributed by atoms with E-state index in [4.69, 9.17) is 16.3 Å². The van der Waals surface area contributed by atoms with E-state index >= 15 is 0 Å². The molecule has 6 nitrogen and oxygen atoms in total. The first-order valence-electron chi connectivity index (χ1n) is 7.15. The van der Waals surface area contributed by atoms with Crippen molar-refractivity contribution in [2.45, 2.75) is 13.0 Å². The number of benzene rings is 1. The minimum Gasteiger partial charge on any atom is -0.437 e. The first-order chi connectivity index (χ1) is 12.0. The van der Waals surface area contributed by atoms with Gasteiger partial charge in [0.05, 0.1) is 18.3 Å². The minimum atomic E-state index is -0.867. The lowest BCUT2D eigenvalue weighted by atomic mass is 10.0. The summed E-state index contributed by atoms with van der Waals surface area (Å²) >= 11 is 7.42. The van der Waals surface area contributed by atoms with Gasteiger partial charge in [-0.1, -0.05) is 23.7 Å². The largest absolute Gasteiger partial charge is 0.513 e. The molecule has 1 aliphatic rings. The lowest BCUT2D eigenvalue weighted by molar-refractivity contribution is 0.0913. The molecule has 0 aliphatic carbocycles. The van der Waals surface area contributed by atoms with Crippen LogP contribution in [0.25, 0.3) is 0 Å². The summed E-state index contributed by atoms with van der Waals surface area (Å²) < 4.78 is 23.5. The summed E-state index contributed by atoms with van der Waals surface area (Å²) in [7, 11) is 1.21. The van der Waals surface area contributed by atoms with Crippen LogP contribution in [0.2, 0.25) is 4.34 Å². The number of nitrogens with one attached hydrogen (secondary N) is 1. The quantitative estimate of drug-likeness (QED) is 0.812. The van der Waals surface area contributed by atoms with Crippen LogP contribution in [0.5, 0.6) is 0 Å². The monoisotopic (exact) mass is 381 g/mol. The Kier molecular flexibility index (Phi) is 5.00.